The molecule has 27 heavy (non-hydrogen) atoms. The maximum atomic E-state index is 14.1. The lowest BCUT2D eigenvalue weighted by Crippen LogP contribution is -2.15. The van der Waals surface area contributed by atoms with Gasteiger partial charge in [0.05, 0.1) is 31.9 Å². The van der Waals surface area contributed by atoms with E-state index in [1.54, 1.807) is 18.3 Å². The number of hydrogen-bond acceptors (Lipinski definition) is 5. The second-order valence-electron chi connectivity index (χ2n) is 6.17. The van der Waals surface area contributed by atoms with Crippen molar-refractivity contribution in [2.24, 2.45) is 5.92 Å². The van der Waals surface area contributed by atoms with Gasteiger partial charge in [-0.2, -0.15) is 0 Å². The first-order valence-corrected chi connectivity index (χ1v) is 8.23. The van der Waals surface area contributed by atoms with Crippen LogP contribution in [0.3, 0.4) is 0 Å². The lowest BCUT2D eigenvalue weighted by Gasteiger charge is -2.12. The Labute approximate surface area is 152 Å². The number of anilines is 1. The molecule has 3 aromatic rings. The molecule has 1 fully saturated rings. The Balaban J connectivity index is 1.74. The number of rotatable bonds is 5. The zero-order valence-corrected chi connectivity index (χ0v) is 14.5. The predicted octanol–water partition coefficient (Wildman–Crippen LogP) is 3.08. The van der Waals surface area contributed by atoms with Gasteiger partial charge < -0.3 is 19.8 Å². The number of pyridine rings is 2. The number of methoxy groups -OCH3 is 2. The van der Waals surface area contributed by atoms with Crippen LogP contribution in [0, 0.1) is 11.7 Å². The zero-order valence-electron chi connectivity index (χ0n) is 14.5. The number of H-pyrrole nitrogens is 1. The van der Waals surface area contributed by atoms with Crippen LogP contribution in [0.5, 0.6) is 11.6 Å². The number of halogens is 2. The average molecular weight is 374 g/mol. The fraction of sp³-hybridized carbons (Fsp3) is 0.278. The number of ether oxygens (including phenoxy) is 2. The Morgan fingerprint density at radius 1 is 1.33 bits per heavy atom. The highest BCUT2D eigenvalue weighted by Crippen LogP contribution is 2.41. The zero-order chi connectivity index (χ0) is 19.1. The van der Waals surface area contributed by atoms with Gasteiger partial charge in [-0.25, -0.2) is 18.7 Å². The third-order valence-corrected chi connectivity index (χ3v) is 4.46. The molecule has 140 valence electrons. The van der Waals surface area contributed by atoms with Gasteiger partial charge in [0.2, 0.25) is 11.8 Å². The maximum Gasteiger partial charge on any atom is 0.231 e. The fourth-order valence-electron chi connectivity index (χ4n) is 2.98. The minimum absolute atomic E-state index is 0.00264. The van der Waals surface area contributed by atoms with Gasteiger partial charge in [-0.1, -0.05) is 0 Å². The van der Waals surface area contributed by atoms with E-state index in [1.165, 1.54) is 14.2 Å². The first-order valence-electron chi connectivity index (χ1n) is 8.23. The molecule has 0 unspecified atom stereocenters. The molecule has 2 N–H and O–H groups in total. The predicted molar refractivity (Wildman–Crippen MR) is 94.0 cm³/mol. The monoisotopic (exact) mass is 374 g/mol. The standard InChI is InChI=1S/C18H16F2N4O3/c1-26-15-12(20)7-22-18(27-2)14(15)10-6-21-16-8(10)3-4-13(23-16)24-17(25)9-5-11(9)19/h3-4,6-7,9,11H,5H2,1-2H3,(H2,21,23,24,25)/t9-,11+/m1/s1. The molecule has 0 spiro atoms. The molecule has 0 saturated heterocycles. The number of nitrogens with one attached hydrogen (secondary N) is 2. The second-order valence-corrected chi connectivity index (χ2v) is 6.17. The Morgan fingerprint density at radius 3 is 2.78 bits per heavy atom. The number of alkyl halides is 1. The third-order valence-electron chi connectivity index (χ3n) is 4.46. The highest BCUT2D eigenvalue weighted by molar-refractivity contribution is 5.99. The minimum atomic E-state index is -1.08. The lowest BCUT2D eigenvalue weighted by atomic mass is 10.1. The summed E-state index contributed by atoms with van der Waals surface area (Å²) in [6.45, 7) is 0. The molecule has 0 aliphatic heterocycles. The third kappa shape index (κ3) is 2.94. The molecule has 1 aliphatic carbocycles. The van der Waals surface area contributed by atoms with Crippen LogP contribution in [0.25, 0.3) is 22.2 Å². The number of amides is 1. The summed E-state index contributed by atoms with van der Waals surface area (Å²) in [5, 5.41) is 3.26. The van der Waals surface area contributed by atoms with Crippen molar-refractivity contribution in [1.29, 1.82) is 0 Å². The number of aromatic amines is 1. The highest BCUT2D eigenvalue weighted by atomic mass is 19.1. The van der Waals surface area contributed by atoms with E-state index in [0.717, 1.165) is 6.20 Å². The van der Waals surface area contributed by atoms with Crippen molar-refractivity contribution in [2.45, 2.75) is 12.6 Å². The van der Waals surface area contributed by atoms with E-state index < -0.39 is 23.8 Å². The van der Waals surface area contributed by atoms with Crippen LogP contribution < -0.4 is 14.8 Å². The quantitative estimate of drug-likeness (QED) is 0.716. The van der Waals surface area contributed by atoms with Crippen LogP contribution in [-0.4, -0.2) is 41.3 Å². The lowest BCUT2D eigenvalue weighted by molar-refractivity contribution is -0.117. The van der Waals surface area contributed by atoms with Gasteiger partial charge in [0.25, 0.3) is 0 Å². The Kier molecular flexibility index (Phi) is 4.14. The van der Waals surface area contributed by atoms with Gasteiger partial charge in [0.1, 0.15) is 17.6 Å². The van der Waals surface area contributed by atoms with Crippen molar-refractivity contribution in [1.82, 2.24) is 15.0 Å². The summed E-state index contributed by atoms with van der Waals surface area (Å²) < 4.78 is 37.6. The number of carbonyl (C=O) groups excluding carboxylic acids is 1. The van der Waals surface area contributed by atoms with Gasteiger partial charge in [0, 0.05) is 17.1 Å². The van der Waals surface area contributed by atoms with E-state index in [0.29, 0.717) is 28.0 Å². The molecule has 3 aromatic heterocycles. The molecule has 1 amide bonds. The fourth-order valence-corrected chi connectivity index (χ4v) is 2.98. The Bertz CT molecular complexity index is 1040. The molecule has 7 nitrogen and oxygen atoms in total. The number of nitrogens with zero attached hydrogens (tertiary/aromatic N) is 2. The molecule has 0 aromatic carbocycles. The van der Waals surface area contributed by atoms with Crippen LogP contribution >= 0.6 is 0 Å². The molecule has 9 heteroatoms. The van der Waals surface area contributed by atoms with Crippen LogP contribution in [0.15, 0.2) is 24.5 Å². The smallest absolute Gasteiger partial charge is 0.231 e. The van der Waals surface area contributed by atoms with Gasteiger partial charge in [-0.15, -0.1) is 0 Å². The molecular formula is C18H16F2N4O3. The Morgan fingerprint density at radius 2 is 2.11 bits per heavy atom. The van der Waals surface area contributed by atoms with Crippen LogP contribution in [0.1, 0.15) is 6.42 Å². The molecule has 4 rings (SSSR count). The maximum absolute atomic E-state index is 14.1. The van der Waals surface area contributed by atoms with Crippen LogP contribution in [0.2, 0.25) is 0 Å². The number of aromatic nitrogens is 3. The number of hydrogen-bond donors (Lipinski definition) is 2. The summed E-state index contributed by atoms with van der Waals surface area (Å²) in [4.78, 5) is 23.1. The van der Waals surface area contributed by atoms with Crippen LogP contribution in [0.4, 0.5) is 14.6 Å². The molecule has 0 radical (unpaired) electrons. The van der Waals surface area contributed by atoms with Crippen molar-refractivity contribution < 1.29 is 23.0 Å². The van der Waals surface area contributed by atoms with Gasteiger partial charge in [0.15, 0.2) is 11.6 Å². The van der Waals surface area contributed by atoms with Crippen molar-refractivity contribution >= 4 is 22.8 Å². The topological polar surface area (TPSA) is 89.1 Å². The van der Waals surface area contributed by atoms with Gasteiger partial charge in [-0.3, -0.25) is 4.79 Å². The summed E-state index contributed by atoms with van der Waals surface area (Å²) in [7, 11) is 2.79. The highest BCUT2D eigenvalue weighted by Gasteiger charge is 2.43. The van der Waals surface area contributed by atoms with E-state index in [4.69, 9.17) is 9.47 Å². The van der Waals surface area contributed by atoms with Gasteiger partial charge >= 0.3 is 0 Å². The van der Waals surface area contributed by atoms with Crippen molar-refractivity contribution in [2.75, 3.05) is 19.5 Å². The molecule has 1 saturated carbocycles. The largest absolute Gasteiger partial charge is 0.493 e. The first-order chi connectivity index (χ1) is 13.0. The summed E-state index contributed by atoms with van der Waals surface area (Å²) in [5.74, 6) is -1.11. The molecule has 1 aliphatic rings. The van der Waals surface area contributed by atoms with Crippen molar-refractivity contribution in [3.8, 4) is 22.8 Å². The minimum Gasteiger partial charge on any atom is -0.493 e. The molecule has 3 heterocycles. The first kappa shape index (κ1) is 17.2. The van der Waals surface area contributed by atoms with Crippen LogP contribution in [-0.2, 0) is 4.79 Å². The summed E-state index contributed by atoms with van der Waals surface area (Å²) >= 11 is 0. The normalized spacial score (nSPS) is 18.4. The van der Waals surface area contributed by atoms with E-state index in [1.807, 2.05) is 0 Å². The van der Waals surface area contributed by atoms with E-state index in [-0.39, 0.29) is 18.1 Å². The van der Waals surface area contributed by atoms with E-state index in [2.05, 4.69) is 20.3 Å². The van der Waals surface area contributed by atoms with Gasteiger partial charge in [-0.05, 0) is 18.6 Å². The summed E-state index contributed by atoms with van der Waals surface area (Å²) in [5.41, 5.74) is 1.40. The SMILES string of the molecule is COc1ncc(F)c(OC)c1-c1c[nH]c2nc(NC(=O)[C@@H]3C[C@@H]3F)ccc12. The van der Waals surface area contributed by atoms with Crippen molar-refractivity contribution in [3.63, 3.8) is 0 Å². The number of fused-ring (bicyclic) bond motifs is 1. The second kappa shape index (κ2) is 6.49. The average Bonchev–Trinajstić information content (AvgIpc) is 3.26. The summed E-state index contributed by atoms with van der Waals surface area (Å²) in [6.07, 6.45) is 1.82. The molecule has 0 bridgehead atoms. The number of carbonyl (C=O) groups is 1. The molecule has 2 atom stereocenters. The van der Waals surface area contributed by atoms with Crippen molar-refractivity contribution in [3.05, 3.63) is 30.3 Å². The summed E-state index contributed by atoms with van der Waals surface area (Å²) in [6, 6.07) is 3.31. The van der Waals surface area contributed by atoms with E-state index >= 15 is 0 Å². The van der Waals surface area contributed by atoms with E-state index in [9.17, 15) is 13.6 Å². The Hall–Kier alpha value is -3.23. The molecular weight excluding hydrogens is 358 g/mol.